The second-order valence-corrected chi connectivity index (χ2v) is 6.68. The lowest BCUT2D eigenvalue weighted by molar-refractivity contribution is -0.137. The molecule has 3 aromatic carbocycles. The van der Waals surface area contributed by atoms with Gasteiger partial charge in [0.15, 0.2) is 0 Å². The lowest BCUT2D eigenvalue weighted by Crippen LogP contribution is -2.03. The van der Waals surface area contributed by atoms with Gasteiger partial charge >= 0.3 is 6.18 Å². The number of alkyl halides is 3. The lowest BCUT2D eigenvalue weighted by atomic mass is 10.1. The standard InChI is InChI=1S/C22H13F3N4O/c23-22(24,25)16-11-9-15(10-12-16)21-28-20(29-30-21)14-7-5-13(6-8-14)19-26-17-3-1-2-4-18(17)27-19/h1-12H,(H,26,27). The molecule has 1 N–H and O–H groups in total. The van der Waals surface area contributed by atoms with Gasteiger partial charge in [0, 0.05) is 16.7 Å². The fraction of sp³-hybridized carbons (Fsp3) is 0.0455. The maximum Gasteiger partial charge on any atom is 0.416 e. The number of hydrogen-bond donors (Lipinski definition) is 1. The van der Waals surface area contributed by atoms with E-state index >= 15 is 0 Å². The second-order valence-electron chi connectivity index (χ2n) is 6.68. The number of para-hydroxylation sites is 2. The van der Waals surface area contributed by atoms with Crippen LogP contribution in [0.4, 0.5) is 13.2 Å². The molecule has 0 fully saturated rings. The van der Waals surface area contributed by atoms with Crippen LogP contribution in [0.1, 0.15) is 5.56 Å². The third kappa shape index (κ3) is 3.32. The Hall–Kier alpha value is -3.94. The van der Waals surface area contributed by atoms with Gasteiger partial charge in [-0.3, -0.25) is 0 Å². The maximum atomic E-state index is 12.7. The van der Waals surface area contributed by atoms with Gasteiger partial charge in [-0.25, -0.2) is 4.98 Å². The number of aromatic nitrogens is 4. The third-order valence-electron chi connectivity index (χ3n) is 4.69. The van der Waals surface area contributed by atoms with Gasteiger partial charge in [0.1, 0.15) is 5.82 Å². The van der Waals surface area contributed by atoms with E-state index in [1.165, 1.54) is 12.1 Å². The van der Waals surface area contributed by atoms with Crippen LogP contribution in [0.3, 0.4) is 0 Å². The average Bonchev–Trinajstić information content (AvgIpc) is 3.41. The van der Waals surface area contributed by atoms with Crippen LogP contribution < -0.4 is 0 Å². The number of nitrogens with one attached hydrogen (secondary N) is 1. The van der Waals surface area contributed by atoms with E-state index in [-0.39, 0.29) is 5.89 Å². The zero-order valence-electron chi connectivity index (χ0n) is 15.3. The largest absolute Gasteiger partial charge is 0.416 e. The van der Waals surface area contributed by atoms with Crippen molar-refractivity contribution in [1.29, 1.82) is 0 Å². The molecule has 0 saturated carbocycles. The van der Waals surface area contributed by atoms with Gasteiger partial charge in [0.05, 0.1) is 16.6 Å². The van der Waals surface area contributed by atoms with Crippen LogP contribution >= 0.6 is 0 Å². The molecule has 0 aliphatic carbocycles. The van der Waals surface area contributed by atoms with Gasteiger partial charge in [-0.2, -0.15) is 18.2 Å². The number of aromatic amines is 1. The van der Waals surface area contributed by atoms with Gasteiger partial charge in [-0.1, -0.05) is 41.6 Å². The van der Waals surface area contributed by atoms with Crippen molar-refractivity contribution in [3.8, 4) is 34.2 Å². The number of hydrogen-bond acceptors (Lipinski definition) is 4. The van der Waals surface area contributed by atoms with Crippen molar-refractivity contribution in [2.75, 3.05) is 0 Å². The highest BCUT2D eigenvalue weighted by Crippen LogP contribution is 2.31. The minimum absolute atomic E-state index is 0.153. The normalized spacial score (nSPS) is 11.8. The number of halogens is 3. The molecule has 0 aliphatic rings. The Morgan fingerprint density at radius 3 is 2.10 bits per heavy atom. The summed E-state index contributed by atoms with van der Waals surface area (Å²) < 4.78 is 43.3. The highest BCUT2D eigenvalue weighted by atomic mass is 19.4. The minimum Gasteiger partial charge on any atom is -0.338 e. The first-order valence-corrected chi connectivity index (χ1v) is 9.04. The van der Waals surface area contributed by atoms with Gasteiger partial charge in [0.25, 0.3) is 5.89 Å². The second kappa shape index (κ2) is 6.84. The number of nitrogens with zero attached hydrogens (tertiary/aromatic N) is 3. The Morgan fingerprint density at radius 1 is 0.733 bits per heavy atom. The van der Waals surface area contributed by atoms with E-state index in [9.17, 15) is 13.2 Å². The van der Waals surface area contributed by atoms with Crippen LogP contribution in [0.2, 0.25) is 0 Å². The lowest BCUT2D eigenvalue weighted by Gasteiger charge is -2.05. The van der Waals surface area contributed by atoms with Gasteiger partial charge in [-0.05, 0) is 36.4 Å². The molecular formula is C22H13F3N4O. The average molecular weight is 406 g/mol. The van der Waals surface area contributed by atoms with E-state index in [0.29, 0.717) is 11.4 Å². The van der Waals surface area contributed by atoms with Crippen molar-refractivity contribution < 1.29 is 17.7 Å². The van der Waals surface area contributed by atoms with Crippen molar-refractivity contribution >= 4 is 11.0 Å². The first-order valence-electron chi connectivity index (χ1n) is 9.04. The summed E-state index contributed by atoms with van der Waals surface area (Å²) in [5.74, 6) is 1.25. The van der Waals surface area contributed by atoms with Crippen LogP contribution in [-0.2, 0) is 6.18 Å². The van der Waals surface area contributed by atoms with E-state index in [1.54, 1.807) is 0 Å². The van der Waals surface area contributed by atoms with E-state index in [1.807, 2.05) is 48.5 Å². The molecule has 30 heavy (non-hydrogen) atoms. The zero-order chi connectivity index (χ0) is 20.7. The van der Waals surface area contributed by atoms with Crippen molar-refractivity contribution in [2.45, 2.75) is 6.18 Å². The number of benzene rings is 3. The number of rotatable bonds is 3. The first-order chi connectivity index (χ1) is 14.5. The first kappa shape index (κ1) is 18.1. The van der Waals surface area contributed by atoms with E-state index in [4.69, 9.17) is 4.52 Å². The molecule has 0 atom stereocenters. The summed E-state index contributed by atoms with van der Waals surface area (Å²) in [7, 11) is 0. The monoisotopic (exact) mass is 406 g/mol. The Morgan fingerprint density at radius 2 is 1.40 bits per heavy atom. The highest BCUT2D eigenvalue weighted by Gasteiger charge is 2.30. The topological polar surface area (TPSA) is 67.6 Å². The molecule has 0 saturated heterocycles. The molecule has 0 bridgehead atoms. The summed E-state index contributed by atoms with van der Waals surface area (Å²) in [5, 5.41) is 3.94. The number of fused-ring (bicyclic) bond motifs is 1. The summed E-state index contributed by atoms with van der Waals surface area (Å²) in [6.45, 7) is 0. The Balaban J connectivity index is 1.39. The van der Waals surface area contributed by atoms with Crippen molar-refractivity contribution in [3.63, 3.8) is 0 Å². The molecule has 0 amide bonds. The summed E-state index contributed by atoms with van der Waals surface area (Å²) >= 11 is 0. The van der Waals surface area contributed by atoms with Crippen LogP contribution in [0.5, 0.6) is 0 Å². The third-order valence-corrected chi connectivity index (χ3v) is 4.69. The predicted molar refractivity (Wildman–Crippen MR) is 105 cm³/mol. The molecule has 0 unspecified atom stereocenters. The predicted octanol–water partition coefficient (Wildman–Crippen LogP) is 5.97. The number of H-pyrrole nitrogens is 1. The van der Waals surface area contributed by atoms with Crippen molar-refractivity contribution in [2.24, 2.45) is 0 Å². The van der Waals surface area contributed by atoms with E-state index < -0.39 is 11.7 Å². The molecule has 2 heterocycles. The molecule has 2 aromatic heterocycles. The Labute approximate surface area is 168 Å². The SMILES string of the molecule is FC(F)(F)c1ccc(-c2nc(-c3ccc(-c4nc5ccccc5[nH]4)cc3)no2)cc1. The molecule has 5 nitrogen and oxygen atoms in total. The maximum absolute atomic E-state index is 12.7. The van der Waals surface area contributed by atoms with Crippen LogP contribution in [0.15, 0.2) is 77.3 Å². The number of imidazole rings is 1. The Kier molecular flexibility index (Phi) is 4.13. The molecular weight excluding hydrogens is 393 g/mol. The Bertz CT molecular complexity index is 1290. The van der Waals surface area contributed by atoms with E-state index in [0.717, 1.165) is 40.1 Å². The molecule has 148 valence electrons. The molecule has 0 aliphatic heterocycles. The zero-order valence-corrected chi connectivity index (χ0v) is 15.3. The van der Waals surface area contributed by atoms with Crippen molar-refractivity contribution in [1.82, 2.24) is 20.1 Å². The quantitative estimate of drug-likeness (QED) is 0.401. The fourth-order valence-corrected chi connectivity index (χ4v) is 3.13. The fourth-order valence-electron chi connectivity index (χ4n) is 3.13. The summed E-state index contributed by atoms with van der Waals surface area (Å²) in [4.78, 5) is 12.1. The summed E-state index contributed by atoms with van der Waals surface area (Å²) in [5.41, 5.74) is 3.15. The van der Waals surface area contributed by atoms with Gasteiger partial charge in [-0.15, -0.1) is 0 Å². The molecule has 0 radical (unpaired) electrons. The molecule has 0 spiro atoms. The summed E-state index contributed by atoms with van der Waals surface area (Å²) in [6, 6.07) is 19.8. The summed E-state index contributed by atoms with van der Waals surface area (Å²) in [6.07, 6.45) is -4.39. The van der Waals surface area contributed by atoms with Crippen LogP contribution in [0.25, 0.3) is 45.3 Å². The molecule has 8 heteroatoms. The van der Waals surface area contributed by atoms with Crippen LogP contribution in [-0.4, -0.2) is 20.1 Å². The van der Waals surface area contributed by atoms with Crippen molar-refractivity contribution in [3.05, 3.63) is 78.4 Å². The molecule has 5 rings (SSSR count). The van der Waals surface area contributed by atoms with Gasteiger partial charge < -0.3 is 9.51 Å². The van der Waals surface area contributed by atoms with E-state index in [2.05, 4.69) is 20.1 Å². The molecule has 5 aromatic rings. The van der Waals surface area contributed by atoms with Gasteiger partial charge in [0.2, 0.25) is 5.82 Å². The van der Waals surface area contributed by atoms with Crippen LogP contribution in [0, 0.1) is 0 Å². The highest BCUT2D eigenvalue weighted by molar-refractivity contribution is 5.79. The minimum atomic E-state index is -4.39. The smallest absolute Gasteiger partial charge is 0.338 e.